The number of nitrogens with zero attached hydrogens (tertiary/aromatic N) is 1. The monoisotopic (exact) mass is 187 g/mol. The molecule has 5 nitrogen and oxygen atoms in total. The molecule has 1 atom stereocenters. The molecule has 1 unspecified atom stereocenters. The number of anilines is 1. The fraction of sp³-hybridized carbons (Fsp3) is 0.167. The van der Waals surface area contributed by atoms with Crippen molar-refractivity contribution in [2.45, 2.75) is 6.61 Å². The predicted molar refractivity (Wildman–Crippen MR) is 43.3 cm³/mol. The summed E-state index contributed by atoms with van der Waals surface area (Å²) in [7, 11) is -2.55. The normalized spacial score (nSPS) is 11.2. The Hall–Kier alpha value is -1.03. The van der Waals surface area contributed by atoms with Crippen LogP contribution in [-0.4, -0.2) is 9.88 Å². The molecule has 0 aliphatic rings. The van der Waals surface area contributed by atoms with Crippen LogP contribution in [0.4, 0.5) is 5.82 Å². The third-order valence-electron chi connectivity index (χ3n) is 1.19. The smallest absolute Gasteiger partial charge is 0.384 e. The SMILES string of the molecule is Nc1cc(CO[P+](=O)O)ccn1. The summed E-state index contributed by atoms with van der Waals surface area (Å²) < 4.78 is 14.6. The van der Waals surface area contributed by atoms with E-state index >= 15 is 0 Å². The molecule has 0 fully saturated rings. The summed E-state index contributed by atoms with van der Waals surface area (Å²) >= 11 is 0. The van der Waals surface area contributed by atoms with Crippen LogP contribution in [-0.2, 0) is 15.7 Å². The maximum absolute atomic E-state index is 10.1. The van der Waals surface area contributed by atoms with Gasteiger partial charge in [0.05, 0.1) is 0 Å². The number of hydrogen-bond acceptors (Lipinski definition) is 4. The molecular formula is C6H8N2O3P+. The molecule has 0 radical (unpaired) electrons. The lowest BCUT2D eigenvalue weighted by molar-refractivity contribution is 0.272. The third kappa shape index (κ3) is 2.92. The van der Waals surface area contributed by atoms with Gasteiger partial charge in [-0.15, -0.1) is 9.42 Å². The van der Waals surface area contributed by atoms with E-state index < -0.39 is 8.25 Å². The molecule has 1 aromatic rings. The molecule has 0 bridgehead atoms. The Balaban J connectivity index is 2.57. The second kappa shape index (κ2) is 4.11. The molecule has 12 heavy (non-hydrogen) atoms. The molecule has 0 aliphatic carbocycles. The lowest BCUT2D eigenvalue weighted by Crippen LogP contribution is -1.92. The summed E-state index contributed by atoms with van der Waals surface area (Å²) in [6.07, 6.45) is 1.51. The lowest BCUT2D eigenvalue weighted by atomic mass is 10.3. The Morgan fingerprint density at radius 2 is 2.50 bits per heavy atom. The molecule has 0 amide bonds. The van der Waals surface area contributed by atoms with Gasteiger partial charge in [-0.3, -0.25) is 0 Å². The standard InChI is InChI=1S/C6H7N2O3P/c7-6-3-5(1-2-8-6)4-11-12(9)10/h1-3H,4H2,(H2-,7,8,9,10)/p+1. The van der Waals surface area contributed by atoms with Crippen LogP contribution < -0.4 is 5.73 Å². The van der Waals surface area contributed by atoms with Gasteiger partial charge in [-0.05, 0) is 17.7 Å². The fourth-order valence-electron chi connectivity index (χ4n) is 0.714. The van der Waals surface area contributed by atoms with Crippen molar-refractivity contribution in [3.05, 3.63) is 23.9 Å². The fourth-order valence-corrected chi connectivity index (χ4v) is 0.973. The highest BCUT2D eigenvalue weighted by molar-refractivity contribution is 7.32. The predicted octanol–water partition coefficient (Wildman–Crippen LogP) is 0.830. The van der Waals surface area contributed by atoms with Gasteiger partial charge in [0, 0.05) is 10.8 Å². The largest absolute Gasteiger partial charge is 0.695 e. The van der Waals surface area contributed by atoms with Gasteiger partial charge in [0.15, 0.2) is 0 Å². The first-order valence-corrected chi connectivity index (χ1v) is 4.31. The Morgan fingerprint density at radius 3 is 3.08 bits per heavy atom. The van der Waals surface area contributed by atoms with Crippen LogP contribution in [0.3, 0.4) is 0 Å². The first-order chi connectivity index (χ1) is 5.68. The van der Waals surface area contributed by atoms with Gasteiger partial charge < -0.3 is 5.73 Å². The van der Waals surface area contributed by atoms with E-state index in [2.05, 4.69) is 9.51 Å². The van der Waals surface area contributed by atoms with Crippen molar-refractivity contribution in [1.29, 1.82) is 0 Å². The van der Waals surface area contributed by atoms with Crippen LogP contribution in [0, 0.1) is 0 Å². The van der Waals surface area contributed by atoms with Crippen LogP contribution in [0.5, 0.6) is 0 Å². The zero-order chi connectivity index (χ0) is 8.97. The zero-order valence-electron chi connectivity index (χ0n) is 6.17. The molecular weight excluding hydrogens is 179 g/mol. The molecule has 1 aromatic heterocycles. The van der Waals surface area contributed by atoms with E-state index in [4.69, 9.17) is 10.6 Å². The highest BCUT2D eigenvalue weighted by Gasteiger charge is 2.11. The molecule has 0 saturated heterocycles. The highest BCUT2D eigenvalue weighted by Crippen LogP contribution is 2.17. The number of hydrogen-bond donors (Lipinski definition) is 2. The Bertz CT molecular complexity index is 292. The summed E-state index contributed by atoms with van der Waals surface area (Å²) in [5.74, 6) is 0.365. The van der Waals surface area contributed by atoms with Crippen molar-refractivity contribution in [2.24, 2.45) is 0 Å². The van der Waals surface area contributed by atoms with Crippen molar-refractivity contribution >= 4 is 14.1 Å². The summed E-state index contributed by atoms with van der Waals surface area (Å²) in [5.41, 5.74) is 6.09. The Kier molecular flexibility index (Phi) is 3.10. The molecule has 1 heterocycles. The lowest BCUT2D eigenvalue weighted by Gasteiger charge is -1.94. The molecule has 0 aromatic carbocycles. The van der Waals surface area contributed by atoms with E-state index in [9.17, 15) is 4.57 Å². The minimum Gasteiger partial charge on any atom is -0.384 e. The summed E-state index contributed by atoms with van der Waals surface area (Å²) in [6, 6.07) is 3.24. The number of nitrogen functional groups attached to an aromatic ring is 1. The van der Waals surface area contributed by atoms with E-state index in [1.165, 1.54) is 6.20 Å². The van der Waals surface area contributed by atoms with Crippen LogP contribution in [0.25, 0.3) is 0 Å². The van der Waals surface area contributed by atoms with Crippen molar-refractivity contribution in [3.8, 4) is 0 Å². The first kappa shape index (κ1) is 9.06. The molecule has 64 valence electrons. The maximum Gasteiger partial charge on any atom is 0.695 e. The van der Waals surface area contributed by atoms with Gasteiger partial charge in [0.25, 0.3) is 0 Å². The average molecular weight is 187 g/mol. The van der Waals surface area contributed by atoms with E-state index in [1.807, 2.05) is 0 Å². The van der Waals surface area contributed by atoms with Crippen molar-refractivity contribution in [3.63, 3.8) is 0 Å². The number of aromatic nitrogens is 1. The molecule has 0 spiro atoms. The van der Waals surface area contributed by atoms with Crippen LogP contribution in [0.2, 0.25) is 0 Å². The Morgan fingerprint density at radius 1 is 1.75 bits per heavy atom. The van der Waals surface area contributed by atoms with Crippen LogP contribution in [0.1, 0.15) is 5.56 Å². The average Bonchev–Trinajstić information content (AvgIpc) is 2.01. The van der Waals surface area contributed by atoms with Gasteiger partial charge >= 0.3 is 8.25 Å². The van der Waals surface area contributed by atoms with Gasteiger partial charge in [-0.2, -0.15) is 0 Å². The van der Waals surface area contributed by atoms with Gasteiger partial charge in [-0.25, -0.2) is 4.98 Å². The quantitative estimate of drug-likeness (QED) is 0.684. The topological polar surface area (TPSA) is 85.4 Å². The van der Waals surface area contributed by atoms with Crippen molar-refractivity contribution < 1.29 is 14.0 Å². The first-order valence-electron chi connectivity index (χ1n) is 3.18. The highest BCUT2D eigenvalue weighted by atomic mass is 31.1. The zero-order valence-corrected chi connectivity index (χ0v) is 7.07. The minimum atomic E-state index is -2.55. The number of nitrogens with two attached hydrogens (primary N) is 1. The van der Waals surface area contributed by atoms with Gasteiger partial charge in [-0.1, -0.05) is 0 Å². The van der Waals surface area contributed by atoms with Crippen molar-refractivity contribution in [2.75, 3.05) is 5.73 Å². The van der Waals surface area contributed by atoms with E-state index in [-0.39, 0.29) is 6.61 Å². The summed E-state index contributed by atoms with van der Waals surface area (Å²) in [4.78, 5) is 12.1. The van der Waals surface area contributed by atoms with Crippen molar-refractivity contribution in [1.82, 2.24) is 4.98 Å². The summed E-state index contributed by atoms with van der Waals surface area (Å²) in [6.45, 7) is 0.0679. The van der Waals surface area contributed by atoms with E-state index in [0.29, 0.717) is 5.82 Å². The molecule has 0 saturated carbocycles. The Labute approximate surface area is 70.1 Å². The number of pyridine rings is 1. The van der Waals surface area contributed by atoms with E-state index in [1.54, 1.807) is 12.1 Å². The summed E-state index contributed by atoms with van der Waals surface area (Å²) in [5, 5.41) is 0. The van der Waals surface area contributed by atoms with Gasteiger partial charge in [0.2, 0.25) is 0 Å². The van der Waals surface area contributed by atoms with E-state index in [0.717, 1.165) is 5.56 Å². The number of rotatable bonds is 3. The van der Waals surface area contributed by atoms with Gasteiger partial charge in [0.1, 0.15) is 12.4 Å². The third-order valence-corrected chi connectivity index (χ3v) is 1.54. The molecule has 3 N–H and O–H groups in total. The second-order valence-electron chi connectivity index (χ2n) is 2.10. The van der Waals surface area contributed by atoms with Crippen LogP contribution >= 0.6 is 8.25 Å². The molecule has 0 aliphatic heterocycles. The minimum absolute atomic E-state index is 0.0679. The molecule has 6 heteroatoms. The maximum atomic E-state index is 10.1. The molecule has 1 rings (SSSR count). The van der Waals surface area contributed by atoms with Crippen LogP contribution in [0.15, 0.2) is 18.3 Å². The second-order valence-corrected chi connectivity index (χ2v) is 2.83.